The number of hydrogen-bond donors (Lipinski definition) is 2. The number of carbonyl (C=O) groups is 1. The first-order valence-electron chi connectivity index (χ1n) is 5.21. The molecule has 5 heteroatoms. The lowest BCUT2D eigenvalue weighted by atomic mass is 9.83. The second kappa shape index (κ2) is 3.41. The second-order valence-electron chi connectivity index (χ2n) is 4.07. The van der Waals surface area contributed by atoms with Crippen LogP contribution in [0.1, 0.15) is 6.42 Å². The van der Waals surface area contributed by atoms with Gasteiger partial charge in [-0.1, -0.05) is 0 Å². The van der Waals surface area contributed by atoms with Crippen molar-refractivity contribution in [3.05, 3.63) is 46.7 Å². The number of ether oxygens (including phenoxy) is 2. The van der Waals surface area contributed by atoms with E-state index in [1.807, 2.05) is 0 Å². The van der Waals surface area contributed by atoms with Crippen molar-refractivity contribution < 1.29 is 24.5 Å². The van der Waals surface area contributed by atoms with Gasteiger partial charge in [-0.15, -0.1) is 0 Å². The molecule has 0 fully saturated rings. The maximum Gasteiger partial charge on any atom is 0.335 e. The van der Waals surface area contributed by atoms with E-state index in [0.29, 0.717) is 17.9 Å². The van der Waals surface area contributed by atoms with Crippen LogP contribution in [0.3, 0.4) is 0 Å². The summed E-state index contributed by atoms with van der Waals surface area (Å²) in [6, 6.07) is 0. The summed E-state index contributed by atoms with van der Waals surface area (Å²) in [6.07, 6.45) is 5.07. The standard InChI is InChI=1S/C12H10O5/c13-9-2-7(12(14)15)1-6-3-10-11(4-8(6)9)17-5-16-10/h1-3,8,13H,4-5H2,(H,14,15). The Labute approximate surface area is 97.0 Å². The number of aliphatic hydroxyl groups is 1. The van der Waals surface area contributed by atoms with Gasteiger partial charge < -0.3 is 19.7 Å². The summed E-state index contributed by atoms with van der Waals surface area (Å²) in [6.45, 7) is 0.182. The van der Waals surface area contributed by atoms with Crippen LogP contribution in [0, 0.1) is 5.92 Å². The molecule has 1 aliphatic heterocycles. The minimum atomic E-state index is -1.06. The lowest BCUT2D eigenvalue weighted by molar-refractivity contribution is -0.132. The third kappa shape index (κ3) is 1.51. The second-order valence-corrected chi connectivity index (χ2v) is 4.07. The zero-order chi connectivity index (χ0) is 12.0. The summed E-state index contributed by atoms with van der Waals surface area (Å²) in [7, 11) is 0. The zero-order valence-corrected chi connectivity index (χ0v) is 8.84. The molecule has 0 bridgehead atoms. The monoisotopic (exact) mass is 234 g/mol. The van der Waals surface area contributed by atoms with Crippen molar-refractivity contribution >= 4 is 5.97 Å². The number of aliphatic hydroxyl groups excluding tert-OH is 1. The lowest BCUT2D eigenvalue weighted by Crippen LogP contribution is -2.17. The minimum Gasteiger partial charge on any atom is -0.512 e. The Balaban J connectivity index is 2.03. The van der Waals surface area contributed by atoms with Gasteiger partial charge in [0.05, 0.1) is 5.57 Å². The molecule has 1 atom stereocenters. The molecule has 1 heterocycles. The van der Waals surface area contributed by atoms with Crippen LogP contribution in [0.25, 0.3) is 0 Å². The Morgan fingerprint density at radius 2 is 2.12 bits per heavy atom. The van der Waals surface area contributed by atoms with Gasteiger partial charge in [-0.2, -0.15) is 0 Å². The molecule has 0 saturated heterocycles. The van der Waals surface area contributed by atoms with E-state index in [2.05, 4.69) is 0 Å². The number of fused-ring (bicyclic) bond motifs is 1. The summed E-state index contributed by atoms with van der Waals surface area (Å²) in [5.41, 5.74) is 0.819. The number of allylic oxidation sites excluding steroid dienone is 4. The third-order valence-corrected chi connectivity index (χ3v) is 3.04. The summed E-state index contributed by atoms with van der Waals surface area (Å²) < 4.78 is 10.5. The highest BCUT2D eigenvalue weighted by Crippen LogP contribution is 2.40. The topological polar surface area (TPSA) is 76.0 Å². The van der Waals surface area contributed by atoms with Crippen LogP contribution in [0.15, 0.2) is 46.7 Å². The molecule has 17 heavy (non-hydrogen) atoms. The molecule has 0 amide bonds. The van der Waals surface area contributed by atoms with E-state index in [0.717, 1.165) is 5.57 Å². The van der Waals surface area contributed by atoms with E-state index >= 15 is 0 Å². The molecular weight excluding hydrogens is 224 g/mol. The fourth-order valence-corrected chi connectivity index (χ4v) is 2.17. The predicted molar refractivity (Wildman–Crippen MR) is 56.7 cm³/mol. The first-order valence-corrected chi connectivity index (χ1v) is 5.21. The fourth-order valence-electron chi connectivity index (χ4n) is 2.17. The zero-order valence-electron chi connectivity index (χ0n) is 8.84. The van der Waals surface area contributed by atoms with E-state index in [1.54, 1.807) is 12.2 Å². The summed E-state index contributed by atoms with van der Waals surface area (Å²) in [4.78, 5) is 10.9. The number of aliphatic carboxylic acids is 1. The van der Waals surface area contributed by atoms with Crippen LogP contribution in [-0.2, 0) is 14.3 Å². The van der Waals surface area contributed by atoms with E-state index in [9.17, 15) is 9.90 Å². The number of carboxylic acid groups (broad SMARTS) is 1. The normalized spacial score (nSPS) is 25.9. The van der Waals surface area contributed by atoms with Crippen molar-refractivity contribution in [3.63, 3.8) is 0 Å². The molecule has 1 unspecified atom stereocenters. The van der Waals surface area contributed by atoms with Gasteiger partial charge in [0.25, 0.3) is 0 Å². The van der Waals surface area contributed by atoms with E-state index in [-0.39, 0.29) is 24.0 Å². The molecule has 0 spiro atoms. The summed E-state index contributed by atoms with van der Waals surface area (Å²) >= 11 is 0. The first kappa shape index (κ1) is 10.0. The van der Waals surface area contributed by atoms with Crippen LogP contribution >= 0.6 is 0 Å². The highest BCUT2D eigenvalue weighted by Gasteiger charge is 2.32. The molecule has 5 nitrogen and oxygen atoms in total. The van der Waals surface area contributed by atoms with Gasteiger partial charge >= 0.3 is 5.97 Å². The van der Waals surface area contributed by atoms with Crippen LogP contribution in [-0.4, -0.2) is 23.0 Å². The third-order valence-electron chi connectivity index (χ3n) is 3.04. The average Bonchev–Trinajstić information content (AvgIpc) is 2.73. The highest BCUT2D eigenvalue weighted by atomic mass is 16.7. The molecule has 0 saturated carbocycles. The van der Waals surface area contributed by atoms with Gasteiger partial charge in [0.15, 0.2) is 5.76 Å². The highest BCUT2D eigenvalue weighted by molar-refractivity contribution is 5.91. The largest absolute Gasteiger partial charge is 0.512 e. The number of rotatable bonds is 1. The van der Waals surface area contributed by atoms with Crippen LogP contribution in [0.4, 0.5) is 0 Å². The van der Waals surface area contributed by atoms with Gasteiger partial charge in [-0.25, -0.2) is 4.79 Å². The van der Waals surface area contributed by atoms with Crippen molar-refractivity contribution in [3.8, 4) is 0 Å². The Bertz CT molecular complexity index is 521. The van der Waals surface area contributed by atoms with Gasteiger partial charge in [-0.3, -0.25) is 0 Å². The lowest BCUT2D eigenvalue weighted by Gasteiger charge is -2.24. The molecule has 3 rings (SSSR count). The maximum absolute atomic E-state index is 10.9. The van der Waals surface area contributed by atoms with Gasteiger partial charge in [0.2, 0.25) is 6.79 Å². The molecule has 0 aromatic rings. The molecule has 2 aliphatic carbocycles. The van der Waals surface area contributed by atoms with Crippen LogP contribution in [0.5, 0.6) is 0 Å². The van der Waals surface area contributed by atoms with Gasteiger partial charge in [0, 0.05) is 12.3 Å². The predicted octanol–water partition coefficient (Wildman–Crippen LogP) is 1.62. The molecule has 88 valence electrons. The smallest absolute Gasteiger partial charge is 0.335 e. The Hall–Kier alpha value is -2.17. The first-order chi connectivity index (χ1) is 8.15. The molecule has 0 radical (unpaired) electrons. The Morgan fingerprint density at radius 3 is 2.88 bits per heavy atom. The fraction of sp³-hybridized carbons (Fsp3) is 0.250. The maximum atomic E-state index is 10.9. The van der Waals surface area contributed by atoms with Crippen molar-refractivity contribution in [2.75, 3.05) is 6.79 Å². The number of carboxylic acids is 1. The molecular formula is C12H10O5. The Kier molecular flexibility index (Phi) is 2.01. The van der Waals surface area contributed by atoms with Crippen molar-refractivity contribution in [2.45, 2.75) is 6.42 Å². The van der Waals surface area contributed by atoms with E-state index < -0.39 is 5.97 Å². The van der Waals surface area contributed by atoms with Crippen LogP contribution in [0.2, 0.25) is 0 Å². The van der Waals surface area contributed by atoms with Gasteiger partial charge in [-0.05, 0) is 23.8 Å². The molecule has 0 aromatic carbocycles. The van der Waals surface area contributed by atoms with Crippen molar-refractivity contribution in [2.24, 2.45) is 5.92 Å². The molecule has 2 N–H and O–H groups in total. The van der Waals surface area contributed by atoms with E-state index in [1.165, 1.54) is 6.08 Å². The quantitative estimate of drug-likeness (QED) is 0.720. The molecule has 3 aliphatic rings. The summed E-state index contributed by atoms with van der Waals surface area (Å²) in [5, 5.41) is 18.8. The van der Waals surface area contributed by atoms with Crippen molar-refractivity contribution in [1.82, 2.24) is 0 Å². The SMILES string of the molecule is O=C(O)C1=CC2=CC3=C(CC2C(O)=C1)OCO3. The molecule has 0 aromatic heterocycles. The van der Waals surface area contributed by atoms with Crippen LogP contribution < -0.4 is 0 Å². The minimum absolute atomic E-state index is 0.0539. The van der Waals surface area contributed by atoms with Crippen molar-refractivity contribution in [1.29, 1.82) is 0 Å². The van der Waals surface area contributed by atoms with E-state index in [4.69, 9.17) is 14.6 Å². The summed E-state index contributed by atoms with van der Waals surface area (Å²) in [5.74, 6) is 0.119. The Morgan fingerprint density at radius 1 is 1.29 bits per heavy atom. The number of hydrogen-bond acceptors (Lipinski definition) is 4. The van der Waals surface area contributed by atoms with Gasteiger partial charge in [0.1, 0.15) is 11.5 Å². The average molecular weight is 234 g/mol.